The maximum absolute atomic E-state index is 14.5. The third-order valence-electron chi connectivity index (χ3n) is 4.63. The molecule has 3 nitrogen and oxygen atoms in total. The number of morpholine rings is 1. The number of nitrogens with zero attached hydrogens (tertiary/aromatic N) is 1. The van der Waals surface area contributed by atoms with Crippen LogP contribution in [0, 0.1) is 5.82 Å². The van der Waals surface area contributed by atoms with Crippen LogP contribution in [0.4, 0.5) is 10.1 Å². The highest BCUT2D eigenvalue weighted by atomic mass is 19.1. The second kappa shape index (κ2) is 6.32. The van der Waals surface area contributed by atoms with Crippen LogP contribution in [0.1, 0.15) is 38.2 Å². The van der Waals surface area contributed by atoms with Crippen molar-refractivity contribution in [1.82, 2.24) is 0 Å². The van der Waals surface area contributed by atoms with Gasteiger partial charge in [0.15, 0.2) is 0 Å². The van der Waals surface area contributed by atoms with Gasteiger partial charge >= 0.3 is 0 Å². The van der Waals surface area contributed by atoms with Crippen molar-refractivity contribution in [2.75, 3.05) is 18.1 Å². The molecule has 0 amide bonds. The topological polar surface area (TPSA) is 38.5 Å². The monoisotopic (exact) mass is 292 g/mol. The lowest BCUT2D eigenvalue weighted by atomic mass is 9.89. The lowest BCUT2D eigenvalue weighted by molar-refractivity contribution is -0.00897. The largest absolute Gasteiger partial charge is 0.374 e. The van der Waals surface area contributed by atoms with Gasteiger partial charge in [-0.15, -0.1) is 0 Å². The Bertz CT molecular complexity index is 490. The zero-order valence-electron chi connectivity index (χ0n) is 12.7. The minimum atomic E-state index is -0.126. The highest BCUT2D eigenvalue weighted by Crippen LogP contribution is 2.35. The summed E-state index contributed by atoms with van der Waals surface area (Å²) in [5, 5.41) is 0. The normalized spacial score (nSPS) is 27.3. The van der Waals surface area contributed by atoms with Gasteiger partial charge in [-0.2, -0.15) is 0 Å². The Kier molecular flexibility index (Phi) is 4.45. The average molecular weight is 292 g/mol. The van der Waals surface area contributed by atoms with Gasteiger partial charge in [-0.25, -0.2) is 4.39 Å². The molecule has 0 radical (unpaired) electrons. The number of para-hydroxylation sites is 1. The lowest BCUT2D eigenvalue weighted by Crippen LogP contribution is -2.53. The molecule has 2 fully saturated rings. The van der Waals surface area contributed by atoms with Gasteiger partial charge in [0.05, 0.1) is 24.4 Å². The Morgan fingerprint density at radius 3 is 3.00 bits per heavy atom. The number of benzene rings is 1. The van der Waals surface area contributed by atoms with Crippen LogP contribution in [0.25, 0.3) is 0 Å². The molecule has 1 aromatic carbocycles. The number of ether oxygens (including phenoxy) is 1. The summed E-state index contributed by atoms with van der Waals surface area (Å²) in [5.41, 5.74) is 7.72. The molecule has 1 saturated carbocycles. The molecule has 0 spiro atoms. The van der Waals surface area contributed by atoms with E-state index in [-0.39, 0.29) is 18.0 Å². The standard InChI is InChI=1S/C17H25FN2O/c1-12(19)11-13-5-4-6-14(18)17(13)20-9-10-21-16-8-3-2-7-15(16)20/h4-6,12,15-16H,2-3,7-11,19H2,1H3. The Hall–Kier alpha value is -1.13. The summed E-state index contributed by atoms with van der Waals surface area (Å²) in [5.74, 6) is -0.126. The summed E-state index contributed by atoms with van der Waals surface area (Å²) in [7, 11) is 0. The van der Waals surface area contributed by atoms with Gasteiger partial charge < -0.3 is 15.4 Å². The first kappa shape index (κ1) is 14.8. The fourth-order valence-corrected chi connectivity index (χ4v) is 3.77. The van der Waals surface area contributed by atoms with Crippen molar-refractivity contribution in [2.45, 2.75) is 57.2 Å². The fraction of sp³-hybridized carbons (Fsp3) is 0.647. The zero-order chi connectivity index (χ0) is 14.8. The highest BCUT2D eigenvalue weighted by Gasteiger charge is 2.36. The summed E-state index contributed by atoms with van der Waals surface area (Å²) >= 11 is 0. The Balaban J connectivity index is 1.94. The third-order valence-corrected chi connectivity index (χ3v) is 4.63. The average Bonchev–Trinajstić information content (AvgIpc) is 2.47. The number of rotatable bonds is 3. The van der Waals surface area contributed by atoms with Gasteiger partial charge in [-0.05, 0) is 37.8 Å². The Labute approximate surface area is 126 Å². The molecule has 116 valence electrons. The van der Waals surface area contributed by atoms with Gasteiger partial charge in [0.1, 0.15) is 5.82 Å². The Morgan fingerprint density at radius 2 is 2.19 bits per heavy atom. The van der Waals surface area contributed by atoms with Crippen molar-refractivity contribution in [3.05, 3.63) is 29.6 Å². The van der Waals surface area contributed by atoms with Crippen LogP contribution in [0.15, 0.2) is 18.2 Å². The SMILES string of the molecule is CC(N)Cc1cccc(F)c1N1CCOC2CCCCC21. The van der Waals surface area contributed by atoms with Crippen LogP contribution >= 0.6 is 0 Å². The molecule has 2 N–H and O–H groups in total. The summed E-state index contributed by atoms with van der Waals surface area (Å²) in [4.78, 5) is 2.25. The van der Waals surface area contributed by atoms with Gasteiger partial charge in [0, 0.05) is 12.6 Å². The summed E-state index contributed by atoms with van der Waals surface area (Å²) < 4.78 is 20.4. The van der Waals surface area contributed by atoms with E-state index >= 15 is 0 Å². The second-order valence-corrected chi connectivity index (χ2v) is 6.38. The summed E-state index contributed by atoms with van der Waals surface area (Å²) in [6.07, 6.45) is 5.59. The molecule has 1 aromatic rings. The first-order valence-electron chi connectivity index (χ1n) is 8.08. The van der Waals surface area contributed by atoms with Crippen LogP contribution in [-0.2, 0) is 11.2 Å². The molecule has 3 rings (SSSR count). The van der Waals surface area contributed by atoms with Crippen molar-refractivity contribution < 1.29 is 9.13 Å². The van der Waals surface area contributed by atoms with Crippen molar-refractivity contribution in [1.29, 1.82) is 0 Å². The molecule has 0 bridgehead atoms. The van der Waals surface area contributed by atoms with E-state index in [0.717, 1.165) is 30.6 Å². The first-order chi connectivity index (χ1) is 10.2. The maximum atomic E-state index is 14.5. The molecule has 1 heterocycles. The molecular formula is C17H25FN2O. The highest BCUT2D eigenvalue weighted by molar-refractivity contribution is 5.56. The third kappa shape index (κ3) is 3.06. The van der Waals surface area contributed by atoms with Crippen LogP contribution < -0.4 is 10.6 Å². The predicted molar refractivity (Wildman–Crippen MR) is 83.1 cm³/mol. The number of anilines is 1. The van der Waals surface area contributed by atoms with Crippen LogP contribution in [0.3, 0.4) is 0 Å². The van der Waals surface area contributed by atoms with Crippen molar-refractivity contribution in [2.24, 2.45) is 5.73 Å². The van der Waals surface area contributed by atoms with E-state index in [1.165, 1.54) is 12.8 Å². The van der Waals surface area contributed by atoms with Gasteiger partial charge in [-0.3, -0.25) is 0 Å². The van der Waals surface area contributed by atoms with Crippen molar-refractivity contribution >= 4 is 5.69 Å². The van der Waals surface area contributed by atoms with E-state index < -0.39 is 0 Å². The summed E-state index contributed by atoms with van der Waals surface area (Å²) in [6, 6.07) is 5.71. The smallest absolute Gasteiger partial charge is 0.146 e. The molecule has 3 unspecified atom stereocenters. The maximum Gasteiger partial charge on any atom is 0.146 e. The molecule has 1 aliphatic carbocycles. The number of halogens is 1. The molecule has 3 atom stereocenters. The molecule has 1 aliphatic heterocycles. The van der Waals surface area contributed by atoms with Gasteiger partial charge in [0.25, 0.3) is 0 Å². The van der Waals surface area contributed by atoms with Crippen LogP contribution in [0.2, 0.25) is 0 Å². The first-order valence-corrected chi connectivity index (χ1v) is 8.08. The van der Waals surface area contributed by atoms with E-state index in [2.05, 4.69) is 4.90 Å². The van der Waals surface area contributed by atoms with Crippen LogP contribution in [0.5, 0.6) is 0 Å². The minimum Gasteiger partial charge on any atom is -0.374 e. The van der Waals surface area contributed by atoms with E-state index in [0.29, 0.717) is 19.1 Å². The number of hydrogen-bond donors (Lipinski definition) is 1. The molecular weight excluding hydrogens is 267 g/mol. The van der Waals surface area contributed by atoms with E-state index in [4.69, 9.17) is 10.5 Å². The zero-order valence-corrected chi connectivity index (χ0v) is 12.7. The minimum absolute atomic E-state index is 0.0359. The van der Waals surface area contributed by atoms with E-state index in [1.807, 2.05) is 13.0 Å². The van der Waals surface area contributed by atoms with E-state index in [9.17, 15) is 4.39 Å². The molecule has 1 saturated heterocycles. The Morgan fingerprint density at radius 1 is 1.38 bits per heavy atom. The number of nitrogens with two attached hydrogens (primary N) is 1. The predicted octanol–water partition coefficient (Wildman–Crippen LogP) is 2.86. The molecule has 4 heteroatoms. The van der Waals surface area contributed by atoms with Gasteiger partial charge in [0.2, 0.25) is 0 Å². The summed E-state index contributed by atoms with van der Waals surface area (Å²) in [6.45, 7) is 3.43. The number of hydrogen-bond acceptors (Lipinski definition) is 3. The quantitative estimate of drug-likeness (QED) is 0.931. The molecule has 21 heavy (non-hydrogen) atoms. The van der Waals surface area contributed by atoms with E-state index in [1.54, 1.807) is 12.1 Å². The number of fused-ring (bicyclic) bond motifs is 1. The lowest BCUT2D eigenvalue weighted by Gasteiger charge is -2.45. The van der Waals surface area contributed by atoms with Gasteiger partial charge in [-0.1, -0.05) is 25.0 Å². The molecule has 2 aliphatic rings. The molecule has 0 aromatic heterocycles. The second-order valence-electron chi connectivity index (χ2n) is 6.38. The van der Waals surface area contributed by atoms with Crippen molar-refractivity contribution in [3.63, 3.8) is 0 Å². The van der Waals surface area contributed by atoms with Crippen LogP contribution in [-0.4, -0.2) is 31.3 Å². The fourth-order valence-electron chi connectivity index (χ4n) is 3.77. The van der Waals surface area contributed by atoms with Crippen molar-refractivity contribution in [3.8, 4) is 0 Å².